The molecule has 0 amide bonds. The van der Waals surface area contributed by atoms with Crippen LogP contribution >= 0.6 is 11.3 Å². The molecule has 0 spiro atoms. The number of aromatic nitrogens is 3. The smallest absolute Gasteiger partial charge is 0.164 e. The molecule has 0 bridgehead atoms. The number of hydrogen-bond acceptors (Lipinski definition) is 5. The molecule has 0 aliphatic carbocycles. The summed E-state index contributed by atoms with van der Waals surface area (Å²) in [7, 11) is 0. The third-order valence-corrected chi connectivity index (χ3v) is 11.6. The van der Waals surface area contributed by atoms with Crippen LogP contribution < -0.4 is 0 Å². The highest BCUT2D eigenvalue weighted by Crippen LogP contribution is 2.46. The minimum Gasteiger partial charge on any atom is -0.455 e. The third kappa shape index (κ3) is 5.56. The zero-order valence-corrected chi connectivity index (χ0v) is 30.9. The van der Waals surface area contributed by atoms with E-state index in [1.807, 2.05) is 72.0 Å². The van der Waals surface area contributed by atoms with E-state index in [0.29, 0.717) is 17.5 Å². The number of furan rings is 1. The molecule has 0 aliphatic rings. The highest BCUT2D eigenvalue weighted by Gasteiger charge is 2.20. The summed E-state index contributed by atoms with van der Waals surface area (Å²) in [5.74, 6) is 1.85. The van der Waals surface area contributed by atoms with Gasteiger partial charge in [0.2, 0.25) is 0 Å². The van der Waals surface area contributed by atoms with Crippen LogP contribution in [0, 0.1) is 0 Å². The van der Waals surface area contributed by atoms with Crippen LogP contribution in [0.3, 0.4) is 0 Å². The predicted octanol–water partition coefficient (Wildman–Crippen LogP) is 14.1. The van der Waals surface area contributed by atoms with E-state index in [1.54, 1.807) is 0 Å². The first-order valence-corrected chi connectivity index (χ1v) is 19.5. The van der Waals surface area contributed by atoms with Gasteiger partial charge in [-0.15, -0.1) is 11.3 Å². The van der Waals surface area contributed by atoms with E-state index in [1.165, 1.54) is 42.4 Å². The number of nitrogens with zero attached hydrogens (tertiary/aromatic N) is 3. The second kappa shape index (κ2) is 13.3. The summed E-state index contributed by atoms with van der Waals surface area (Å²) < 4.78 is 9.44. The Hall–Kier alpha value is -7.21. The van der Waals surface area contributed by atoms with Crippen molar-refractivity contribution in [1.29, 1.82) is 0 Å². The molecular formula is C51H31N3OS. The molecule has 262 valence electrons. The van der Waals surface area contributed by atoms with Crippen molar-refractivity contribution in [3.05, 3.63) is 188 Å². The molecule has 0 saturated carbocycles. The monoisotopic (exact) mass is 733 g/mol. The Labute approximate surface area is 327 Å². The zero-order valence-electron chi connectivity index (χ0n) is 30.1. The molecule has 0 unspecified atom stereocenters. The molecule has 11 aromatic rings. The normalized spacial score (nSPS) is 11.6. The summed E-state index contributed by atoms with van der Waals surface area (Å²) in [5, 5.41) is 4.61. The van der Waals surface area contributed by atoms with Crippen molar-refractivity contribution in [2.24, 2.45) is 0 Å². The molecule has 3 heterocycles. The molecule has 0 radical (unpaired) electrons. The van der Waals surface area contributed by atoms with Gasteiger partial charge in [-0.25, -0.2) is 15.0 Å². The van der Waals surface area contributed by atoms with Crippen LogP contribution in [0.25, 0.3) is 110 Å². The molecule has 0 saturated heterocycles. The molecule has 8 aromatic carbocycles. The Morgan fingerprint density at radius 3 is 1.62 bits per heavy atom. The molecule has 56 heavy (non-hydrogen) atoms. The van der Waals surface area contributed by atoms with Gasteiger partial charge in [0.15, 0.2) is 17.5 Å². The largest absolute Gasteiger partial charge is 0.455 e. The fourth-order valence-corrected chi connectivity index (χ4v) is 9.00. The van der Waals surface area contributed by atoms with Gasteiger partial charge in [-0.3, -0.25) is 0 Å². The standard InChI is InChI=1S/C51H31N3OS/c1-4-14-32(15-5-1)35-20-12-21-36(28-35)38-29-43(47-42-22-10-11-25-45(42)56-46(47)31-38)41-24-13-23-40-39-27-26-37(30-44(39)55-48(40)41)51-53-49(33-16-6-2-7-17-33)52-50(54-51)34-18-8-3-9-19-34/h1-31H. The molecule has 5 heteroatoms. The Morgan fingerprint density at radius 1 is 0.339 bits per heavy atom. The fraction of sp³-hybridized carbons (Fsp3) is 0. The summed E-state index contributed by atoms with van der Waals surface area (Å²) in [4.78, 5) is 14.9. The molecule has 11 rings (SSSR count). The Morgan fingerprint density at radius 2 is 0.911 bits per heavy atom. The highest BCUT2D eigenvalue weighted by atomic mass is 32.1. The Kier molecular flexibility index (Phi) is 7.64. The Balaban J connectivity index is 1.09. The summed E-state index contributed by atoms with van der Waals surface area (Å²) in [6.45, 7) is 0. The first-order chi connectivity index (χ1) is 27.7. The van der Waals surface area contributed by atoms with Gasteiger partial charge < -0.3 is 4.42 Å². The number of thiophene rings is 1. The van der Waals surface area contributed by atoms with Gasteiger partial charge in [-0.1, -0.05) is 152 Å². The van der Waals surface area contributed by atoms with E-state index in [9.17, 15) is 0 Å². The number of benzene rings is 8. The number of fused-ring (bicyclic) bond motifs is 6. The van der Waals surface area contributed by atoms with Gasteiger partial charge in [0.25, 0.3) is 0 Å². The lowest BCUT2D eigenvalue weighted by atomic mass is 9.92. The van der Waals surface area contributed by atoms with Crippen molar-refractivity contribution < 1.29 is 4.42 Å². The molecule has 0 atom stereocenters. The zero-order chi connectivity index (χ0) is 37.0. The van der Waals surface area contributed by atoms with Crippen LogP contribution in [-0.2, 0) is 0 Å². The summed E-state index contributed by atoms with van der Waals surface area (Å²) in [6.07, 6.45) is 0. The first kappa shape index (κ1) is 32.2. The van der Waals surface area contributed by atoms with Crippen molar-refractivity contribution in [3.63, 3.8) is 0 Å². The second-order valence-electron chi connectivity index (χ2n) is 14.0. The topological polar surface area (TPSA) is 51.8 Å². The molecular weight excluding hydrogens is 703 g/mol. The number of para-hydroxylation sites is 1. The number of hydrogen-bond donors (Lipinski definition) is 0. The SMILES string of the molecule is c1ccc(-c2cccc(-c3cc(-c4cccc5c4oc4cc(-c6nc(-c7ccccc7)nc(-c7ccccc7)n6)ccc45)c4c(c3)sc3ccccc34)c2)cc1. The van der Waals surface area contributed by atoms with Crippen LogP contribution in [0.1, 0.15) is 0 Å². The fourth-order valence-electron chi connectivity index (χ4n) is 7.83. The molecule has 0 fully saturated rings. The van der Waals surface area contributed by atoms with Crippen molar-refractivity contribution in [3.8, 4) is 67.5 Å². The van der Waals surface area contributed by atoms with E-state index in [0.717, 1.165) is 49.8 Å². The third-order valence-electron chi connectivity index (χ3n) is 10.5. The lowest BCUT2D eigenvalue weighted by molar-refractivity contribution is 0.670. The number of rotatable bonds is 6. The Bertz CT molecular complexity index is 3180. The average Bonchev–Trinajstić information content (AvgIpc) is 3.85. The summed E-state index contributed by atoms with van der Waals surface area (Å²) in [5.41, 5.74) is 11.3. The van der Waals surface area contributed by atoms with E-state index < -0.39 is 0 Å². The lowest BCUT2D eigenvalue weighted by Gasteiger charge is -2.11. The van der Waals surface area contributed by atoms with Gasteiger partial charge in [-0.2, -0.15) is 0 Å². The lowest BCUT2D eigenvalue weighted by Crippen LogP contribution is -2.00. The van der Waals surface area contributed by atoms with Crippen LogP contribution in [-0.4, -0.2) is 15.0 Å². The van der Waals surface area contributed by atoms with Crippen molar-refractivity contribution in [2.75, 3.05) is 0 Å². The van der Waals surface area contributed by atoms with Crippen LogP contribution in [0.15, 0.2) is 192 Å². The predicted molar refractivity (Wildman–Crippen MR) is 233 cm³/mol. The van der Waals surface area contributed by atoms with Crippen LogP contribution in [0.5, 0.6) is 0 Å². The van der Waals surface area contributed by atoms with Gasteiger partial charge in [-0.05, 0) is 64.2 Å². The maximum Gasteiger partial charge on any atom is 0.164 e. The molecule has 0 aliphatic heterocycles. The van der Waals surface area contributed by atoms with E-state index in [4.69, 9.17) is 19.4 Å². The molecule has 0 N–H and O–H groups in total. The first-order valence-electron chi connectivity index (χ1n) is 18.7. The molecule has 3 aromatic heterocycles. The minimum absolute atomic E-state index is 0.595. The highest BCUT2D eigenvalue weighted by molar-refractivity contribution is 7.26. The van der Waals surface area contributed by atoms with Crippen molar-refractivity contribution >= 4 is 53.4 Å². The van der Waals surface area contributed by atoms with Gasteiger partial charge in [0.1, 0.15) is 11.2 Å². The maximum atomic E-state index is 6.92. The van der Waals surface area contributed by atoms with Crippen LogP contribution in [0.2, 0.25) is 0 Å². The van der Waals surface area contributed by atoms with Gasteiger partial charge in [0, 0.05) is 53.2 Å². The van der Waals surface area contributed by atoms with E-state index in [-0.39, 0.29) is 0 Å². The van der Waals surface area contributed by atoms with E-state index >= 15 is 0 Å². The molecule has 4 nitrogen and oxygen atoms in total. The second-order valence-corrected chi connectivity index (χ2v) is 15.1. The average molecular weight is 734 g/mol. The van der Waals surface area contributed by atoms with Gasteiger partial charge in [0.05, 0.1) is 0 Å². The summed E-state index contributed by atoms with van der Waals surface area (Å²) in [6, 6.07) is 65.7. The quantitative estimate of drug-likeness (QED) is 0.171. The van der Waals surface area contributed by atoms with Gasteiger partial charge >= 0.3 is 0 Å². The summed E-state index contributed by atoms with van der Waals surface area (Å²) >= 11 is 1.84. The maximum absolute atomic E-state index is 6.92. The van der Waals surface area contributed by atoms with Crippen molar-refractivity contribution in [1.82, 2.24) is 15.0 Å². The van der Waals surface area contributed by atoms with E-state index in [2.05, 4.69) is 127 Å². The minimum atomic E-state index is 0.595. The van der Waals surface area contributed by atoms with Crippen molar-refractivity contribution in [2.45, 2.75) is 0 Å². The van der Waals surface area contributed by atoms with Crippen LogP contribution in [0.4, 0.5) is 0 Å².